The van der Waals surface area contributed by atoms with Gasteiger partial charge >= 0.3 is 0 Å². The molecule has 214 valence electrons. The van der Waals surface area contributed by atoms with Crippen molar-refractivity contribution < 1.29 is 18.3 Å². The Morgan fingerprint density at radius 1 is 1.21 bits per heavy atom. The second kappa shape index (κ2) is 16.3. The molecule has 0 bridgehead atoms. The smallest absolute Gasteiger partial charge is 0.178 e. The van der Waals surface area contributed by atoms with Crippen molar-refractivity contribution in [3.05, 3.63) is 83.1 Å². The minimum atomic E-state index is -3.18. The zero-order chi connectivity index (χ0) is 28.3. The molecule has 1 unspecified atom stereocenters. The van der Waals surface area contributed by atoms with Crippen LogP contribution in [0.25, 0.3) is 11.3 Å². The molecule has 0 aliphatic carbocycles. The molecule has 1 heterocycles. The van der Waals surface area contributed by atoms with Crippen LogP contribution < -0.4 is 4.74 Å². The van der Waals surface area contributed by atoms with Crippen LogP contribution in [0.1, 0.15) is 65.1 Å². The van der Waals surface area contributed by atoms with Crippen LogP contribution in [-0.2, 0) is 9.84 Å². The Morgan fingerprint density at radius 2 is 1.90 bits per heavy atom. The highest BCUT2D eigenvalue weighted by Crippen LogP contribution is 2.27. The molecule has 0 aliphatic rings. The number of sulfone groups is 1. The van der Waals surface area contributed by atoms with Crippen LogP contribution in [0.3, 0.4) is 0 Å². The van der Waals surface area contributed by atoms with Crippen molar-refractivity contribution >= 4 is 37.0 Å². The van der Waals surface area contributed by atoms with E-state index in [0.717, 1.165) is 46.3 Å². The quantitative estimate of drug-likeness (QED) is 0.218. The average molecular weight is 620 g/mol. The maximum absolute atomic E-state index is 12.2. The lowest BCUT2D eigenvalue weighted by molar-refractivity contribution is 0.413. The van der Waals surface area contributed by atoms with Gasteiger partial charge in [-0.15, -0.1) is 0 Å². The summed E-state index contributed by atoms with van der Waals surface area (Å²) in [6.45, 7) is 12.3. The van der Waals surface area contributed by atoms with Gasteiger partial charge in [0, 0.05) is 11.3 Å². The zero-order valence-corrected chi connectivity index (χ0v) is 25.3. The molecule has 3 aromatic rings. The Morgan fingerprint density at radius 3 is 2.49 bits per heavy atom. The standard InChI is InChI=1S/C15H15BrN2O.C15H24O3S.CH4/c1-10(13-6-4-5-7-15(13)19)8-11(2)18-12(3)14(16)9-17-18;1-4-7-13(2)8-6-11-19(16,17)15-10-5-9-14(12-15)18-3;/h4-9,19H,1H2,2-3H3;5,9-10,12-13H,4,6-8,11H2,1-3H3;1H4/b11-8-;;. The van der Waals surface area contributed by atoms with Crippen molar-refractivity contribution in [3.8, 4) is 11.5 Å². The number of halogens is 1. The Balaban J connectivity index is 0.000000380. The lowest BCUT2D eigenvalue weighted by atomic mass is 10.0. The molecular weight excluding hydrogens is 576 g/mol. The Hall–Kier alpha value is -2.84. The molecule has 1 aromatic heterocycles. The first kappa shape index (κ1) is 34.2. The number of allylic oxidation sites excluding steroid dienone is 3. The van der Waals surface area contributed by atoms with Crippen molar-refractivity contribution in [2.45, 2.75) is 65.7 Å². The topological polar surface area (TPSA) is 81.4 Å². The van der Waals surface area contributed by atoms with E-state index in [1.165, 1.54) is 13.5 Å². The van der Waals surface area contributed by atoms with Crippen LogP contribution in [0.15, 0.2) is 76.8 Å². The van der Waals surface area contributed by atoms with Crippen LogP contribution in [0.2, 0.25) is 0 Å². The SMILES string of the molecule is C.C=C(/C=C(/C)n1ncc(Br)c1C)c1ccccc1O.CCCC(C)CCCS(=O)(=O)c1cccc(OC)c1. The third kappa shape index (κ3) is 10.3. The fourth-order valence-electron chi connectivity index (χ4n) is 4.05. The highest BCUT2D eigenvalue weighted by atomic mass is 79.9. The summed E-state index contributed by atoms with van der Waals surface area (Å²) in [4.78, 5) is 0.356. The van der Waals surface area contributed by atoms with Gasteiger partial charge in [0.2, 0.25) is 0 Å². The van der Waals surface area contributed by atoms with Crippen LogP contribution in [-0.4, -0.2) is 36.2 Å². The van der Waals surface area contributed by atoms with E-state index in [2.05, 4.69) is 41.5 Å². The zero-order valence-electron chi connectivity index (χ0n) is 22.9. The van der Waals surface area contributed by atoms with Crippen LogP contribution in [0.5, 0.6) is 11.5 Å². The predicted molar refractivity (Wildman–Crippen MR) is 167 cm³/mol. The number of nitrogens with zero attached hydrogens (tertiary/aromatic N) is 2. The molecule has 0 amide bonds. The van der Waals surface area contributed by atoms with Gasteiger partial charge in [-0.3, -0.25) is 0 Å². The lowest BCUT2D eigenvalue weighted by Crippen LogP contribution is -2.08. The third-order valence-electron chi connectivity index (χ3n) is 6.21. The molecule has 1 N–H and O–H groups in total. The van der Waals surface area contributed by atoms with Crippen molar-refractivity contribution in [3.63, 3.8) is 0 Å². The van der Waals surface area contributed by atoms with Gasteiger partial charge in [-0.25, -0.2) is 13.1 Å². The maximum atomic E-state index is 12.2. The van der Waals surface area contributed by atoms with Crippen LogP contribution in [0, 0.1) is 12.8 Å². The first-order valence-corrected chi connectivity index (χ1v) is 15.2. The van der Waals surface area contributed by atoms with Crippen LogP contribution >= 0.6 is 15.9 Å². The molecule has 0 radical (unpaired) electrons. The second-order valence-electron chi connectivity index (χ2n) is 9.35. The number of phenolic OH excluding ortho intramolecular Hbond substituents is 1. The van der Waals surface area contributed by atoms with Gasteiger partial charge in [-0.2, -0.15) is 5.10 Å². The Bertz CT molecular complexity index is 1350. The van der Waals surface area contributed by atoms with Gasteiger partial charge in [0.15, 0.2) is 9.84 Å². The highest BCUT2D eigenvalue weighted by Gasteiger charge is 2.15. The molecule has 1 atom stereocenters. The number of para-hydroxylation sites is 1. The van der Waals surface area contributed by atoms with Gasteiger partial charge in [0.1, 0.15) is 11.5 Å². The lowest BCUT2D eigenvalue weighted by Gasteiger charge is -2.10. The molecule has 0 saturated heterocycles. The molecule has 0 saturated carbocycles. The minimum absolute atomic E-state index is 0. The van der Waals surface area contributed by atoms with Gasteiger partial charge in [-0.05, 0) is 84.5 Å². The summed E-state index contributed by atoms with van der Waals surface area (Å²) in [6.07, 6.45) is 7.68. The van der Waals surface area contributed by atoms with E-state index in [-0.39, 0.29) is 18.9 Å². The molecule has 2 aromatic carbocycles. The van der Waals surface area contributed by atoms with E-state index in [0.29, 0.717) is 16.6 Å². The average Bonchev–Trinajstić information content (AvgIpc) is 3.22. The summed E-state index contributed by atoms with van der Waals surface area (Å²) >= 11 is 3.43. The number of ether oxygens (including phenoxy) is 1. The number of rotatable bonds is 11. The van der Waals surface area contributed by atoms with Gasteiger partial charge in [-0.1, -0.05) is 65.0 Å². The fraction of sp³-hybridized carbons (Fsp3) is 0.387. The number of benzene rings is 2. The van der Waals surface area contributed by atoms with Crippen LogP contribution in [0.4, 0.5) is 0 Å². The normalized spacial score (nSPS) is 12.1. The molecule has 6 nitrogen and oxygen atoms in total. The third-order valence-corrected chi connectivity index (χ3v) is 8.79. The summed E-state index contributed by atoms with van der Waals surface area (Å²) in [6, 6.07) is 13.8. The predicted octanol–water partition coefficient (Wildman–Crippen LogP) is 8.56. The summed E-state index contributed by atoms with van der Waals surface area (Å²) in [7, 11) is -1.64. The van der Waals surface area contributed by atoms with Gasteiger partial charge < -0.3 is 9.84 Å². The van der Waals surface area contributed by atoms with E-state index in [1.807, 2.05) is 36.7 Å². The number of aromatic nitrogens is 2. The Kier molecular flexibility index (Phi) is 14.3. The number of hydrogen-bond acceptors (Lipinski definition) is 5. The molecule has 0 spiro atoms. The van der Waals surface area contributed by atoms with Gasteiger partial charge in [0.25, 0.3) is 0 Å². The first-order valence-electron chi connectivity index (χ1n) is 12.7. The van der Waals surface area contributed by atoms with Crippen molar-refractivity contribution in [1.82, 2.24) is 9.78 Å². The van der Waals surface area contributed by atoms with Crippen molar-refractivity contribution in [1.29, 1.82) is 0 Å². The largest absolute Gasteiger partial charge is 0.507 e. The molecular formula is C31H43BrN2O4S. The highest BCUT2D eigenvalue weighted by molar-refractivity contribution is 9.10. The van der Waals surface area contributed by atoms with Crippen molar-refractivity contribution in [2.24, 2.45) is 5.92 Å². The van der Waals surface area contributed by atoms with E-state index >= 15 is 0 Å². The Labute approximate surface area is 243 Å². The van der Waals surface area contributed by atoms with E-state index in [4.69, 9.17) is 4.74 Å². The van der Waals surface area contributed by atoms with E-state index < -0.39 is 9.84 Å². The number of phenols is 1. The first-order chi connectivity index (χ1) is 18.0. The fourth-order valence-corrected chi connectivity index (χ4v) is 5.68. The molecule has 8 heteroatoms. The van der Waals surface area contributed by atoms with Gasteiger partial charge in [0.05, 0.1) is 34.1 Å². The molecule has 0 fully saturated rings. The van der Waals surface area contributed by atoms with E-state index in [9.17, 15) is 13.5 Å². The van der Waals surface area contributed by atoms with Crippen molar-refractivity contribution in [2.75, 3.05) is 12.9 Å². The molecule has 3 rings (SSSR count). The second-order valence-corrected chi connectivity index (χ2v) is 12.3. The monoisotopic (exact) mass is 618 g/mol. The maximum Gasteiger partial charge on any atom is 0.178 e. The summed E-state index contributed by atoms with van der Waals surface area (Å²) < 4.78 is 32.2. The minimum Gasteiger partial charge on any atom is -0.507 e. The molecule has 39 heavy (non-hydrogen) atoms. The summed E-state index contributed by atoms with van der Waals surface area (Å²) in [5.41, 5.74) is 3.45. The number of hydrogen-bond donors (Lipinski definition) is 1. The molecule has 0 aliphatic heterocycles. The number of methoxy groups -OCH3 is 1. The summed E-state index contributed by atoms with van der Waals surface area (Å²) in [5, 5.41) is 14.1. The summed E-state index contributed by atoms with van der Waals surface area (Å²) in [5.74, 6) is 1.63. The van der Waals surface area contributed by atoms with E-state index in [1.54, 1.807) is 42.6 Å². The number of aromatic hydroxyl groups is 1.